The molecule has 0 radical (unpaired) electrons. The van der Waals surface area contributed by atoms with Crippen LogP contribution in [-0.4, -0.2) is 6.04 Å². The second kappa shape index (κ2) is 5.64. The number of hydrogen-bond acceptors (Lipinski definition) is 2. The molecule has 2 nitrogen and oxygen atoms in total. The molecule has 1 atom stereocenters. The van der Waals surface area contributed by atoms with E-state index in [1.54, 1.807) is 0 Å². The van der Waals surface area contributed by atoms with Gasteiger partial charge in [0.05, 0.1) is 0 Å². The van der Waals surface area contributed by atoms with E-state index in [-0.39, 0.29) is 5.41 Å². The highest BCUT2D eigenvalue weighted by atomic mass is 15.2. The van der Waals surface area contributed by atoms with Gasteiger partial charge in [0.25, 0.3) is 0 Å². The zero-order valence-electron chi connectivity index (χ0n) is 11.8. The summed E-state index contributed by atoms with van der Waals surface area (Å²) in [4.78, 5) is 0. The second-order valence-electron chi connectivity index (χ2n) is 6.47. The first-order valence-corrected chi connectivity index (χ1v) is 7.87. The average molecular weight is 258 g/mol. The monoisotopic (exact) mass is 258 g/mol. The summed E-state index contributed by atoms with van der Waals surface area (Å²) in [6.07, 6.45) is 10.7. The molecule has 2 fully saturated rings. The zero-order chi connectivity index (χ0) is 13.1. The Kier molecular flexibility index (Phi) is 3.90. The van der Waals surface area contributed by atoms with Crippen LogP contribution in [0.5, 0.6) is 0 Å². The molecular formula is C17H26N2. The summed E-state index contributed by atoms with van der Waals surface area (Å²) in [5, 5.41) is 0. The summed E-state index contributed by atoms with van der Waals surface area (Å²) in [7, 11) is 0. The van der Waals surface area contributed by atoms with Crippen molar-refractivity contribution in [1.29, 1.82) is 0 Å². The lowest BCUT2D eigenvalue weighted by Crippen LogP contribution is -2.50. The average Bonchev–Trinajstić information content (AvgIpc) is 3.16. The van der Waals surface area contributed by atoms with Gasteiger partial charge in [0.15, 0.2) is 0 Å². The Morgan fingerprint density at radius 1 is 1.16 bits per heavy atom. The third-order valence-electron chi connectivity index (χ3n) is 5.27. The Labute approximate surface area is 116 Å². The van der Waals surface area contributed by atoms with Crippen LogP contribution in [0.25, 0.3) is 0 Å². The van der Waals surface area contributed by atoms with Gasteiger partial charge in [0, 0.05) is 11.5 Å². The van der Waals surface area contributed by atoms with Crippen LogP contribution in [0, 0.1) is 5.92 Å². The molecule has 3 rings (SSSR count). The Hall–Kier alpha value is -0.860. The number of hydrogen-bond donors (Lipinski definition) is 2. The first kappa shape index (κ1) is 13.1. The van der Waals surface area contributed by atoms with Crippen LogP contribution in [0.2, 0.25) is 0 Å². The largest absolute Gasteiger partial charge is 0.271 e. The van der Waals surface area contributed by atoms with Gasteiger partial charge in [-0.25, -0.2) is 0 Å². The van der Waals surface area contributed by atoms with E-state index < -0.39 is 0 Å². The van der Waals surface area contributed by atoms with Crippen molar-refractivity contribution in [3.63, 3.8) is 0 Å². The predicted molar refractivity (Wildman–Crippen MR) is 79.7 cm³/mol. The van der Waals surface area contributed by atoms with Gasteiger partial charge in [-0.15, -0.1) is 0 Å². The minimum absolute atomic E-state index is 0.283. The minimum atomic E-state index is 0.283. The van der Waals surface area contributed by atoms with Crippen molar-refractivity contribution in [3.8, 4) is 0 Å². The highest BCUT2D eigenvalue weighted by Gasteiger charge is 2.42. The summed E-state index contributed by atoms with van der Waals surface area (Å²) in [5.74, 6) is 6.92. The van der Waals surface area contributed by atoms with Gasteiger partial charge in [0.2, 0.25) is 0 Å². The van der Waals surface area contributed by atoms with Crippen LogP contribution in [0.1, 0.15) is 56.9 Å². The fourth-order valence-corrected chi connectivity index (χ4v) is 3.94. The summed E-state index contributed by atoms with van der Waals surface area (Å²) >= 11 is 0. The molecule has 19 heavy (non-hydrogen) atoms. The molecule has 1 unspecified atom stereocenters. The molecule has 2 heteroatoms. The van der Waals surface area contributed by atoms with E-state index in [1.807, 2.05) is 0 Å². The van der Waals surface area contributed by atoms with Crippen molar-refractivity contribution in [1.82, 2.24) is 5.43 Å². The molecule has 1 aromatic rings. The highest BCUT2D eigenvalue weighted by Crippen LogP contribution is 2.46. The quantitative estimate of drug-likeness (QED) is 0.605. The van der Waals surface area contributed by atoms with Gasteiger partial charge in [-0.3, -0.25) is 11.3 Å². The molecule has 3 N–H and O–H groups in total. The molecule has 2 aliphatic rings. The Balaban J connectivity index is 1.81. The van der Waals surface area contributed by atoms with E-state index in [4.69, 9.17) is 5.84 Å². The van der Waals surface area contributed by atoms with Crippen molar-refractivity contribution in [2.45, 2.75) is 62.8 Å². The standard InChI is InChI=1S/C17H26N2/c18-19-16(11-10-14-8-9-14)17(12-4-5-13-17)15-6-2-1-3-7-15/h1-3,6-7,14,16,19H,4-5,8-13,18H2. The predicted octanol–water partition coefficient (Wildman–Crippen LogP) is 3.52. The number of hydrazine groups is 1. The van der Waals surface area contributed by atoms with Crippen molar-refractivity contribution in [3.05, 3.63) is 35.9 Å². The molecule has 0 heterocycles. The fraction of sp³-hybridized carbons (Fsp3) is 0.647. The fourth-order valence-electron chi connectivity index (χ4n) is 3.94. The molecular weight excluding hydrogens is 232 g/mol. The molecule has 0 amide bonds. The Morgan fingerprint density at radius 2 is 1.84 bits per heavy atom. The van der Waals surface area contributed by atoms with Crippen LogP contribution in [-0.2, 0) is 5.41 Å². The molecule has 2 aliphatic carbocycles. The SMILES string of the molecule is NNC(CCC1CC1)C1(c2ccccc2)CCCC1. The van der Waals surface area contributed by atoms with Crippen LogP contribution in [0.4, 0.5) is 0 Å². The summed E-state index contributed by atoms with van der Waals surface area (Å²) < 4.78 is 0. The van der Waals surface area contributed by atoms with Crippen molar-refractivity contribution in [2.24, 2.45) is 11.8 Å². The van der Waals surface area contributed by atoms with Gasteiger partial charge in [-0.05, 0) is 37.2 Å². The molecule has 0 spiro atoms. The summed E-state index contributed by atoms with van der Waals surface area (Å²) in [5.41, 5.74) is 4.94. The summed E-state index contributed by atoms with van der Waals surface area (Å²) in [6, 6.07) is 11.5. The molecule has 0 aromatic heterocycles. The van der Waals surface area contributed by atoms with E-state index >= 15 is 0 Å². The maximum atomic E-state index is 5.93. The first-order valence-electron chi connectivity index (χ1n) is 7.87. The highest BCUT2D eigenvalue weighted by molar-refractivity contribution is 5.29. The van der Waals surface area contributed by atoms with Crippen LogP contribution in [0.15, 0.2) is 30.3 Å². The van der Waals surface area contributed by atoms with Crippen LogP contribution < -0.4 is 11.3 Å². The molecule has 104 valence electrons. The third kappa shape index (κ3) is 2.70. The number of rotatable bonds is 6. The maximum absolute atomic E-state index is 5.93. The van der Waals surface area contributed by atoms with E-state index in [2.05, 4.69) is 35.8 Å². The lowest BCUT2D eigenvalue weighted by molar-refractivity contribution is 0.275. The van der Waals surface area contributed by atoms with Gasteiger partial charge < -0.3 is 0 Å². The zero-order valence-corrected chi connectivity index (χ0v) is 11.8. The Bertz CT molecular complexity index is 391. The molecule has 1 aromatic carbocycles. The first-order chi connectivity index (χ1) is 9.35. The van der Waals surface area contributed by atoms with Gasteiger partial charge in [-0.1, -0.05) is 56.0 Å². The lowest BCUT2D eigenvalue weighted by atomic mass is 9.71. The van der Waals surface area contributed by atoms with E-state index in [1.165, 1.54) is 56.9 Å². The summed E-state index contributed by atoms with van der Waals surface area (Å²) in [6.45, 7) is 0. The van der Waals surface area contributed by atoms with Gasteiger partial charge >= 0.3 is 0 Å². The second-order valence-corrected chi connectivity index (χ2v) is 6.47. The van der Waals surface area contributed by atoms with E-state index in [9.17, 15) is 0 Å². The molecule has 0 saturated heterocycles. The van der Waals surface area contributed by atoms with Crippen molar-refractivity contribution < 1.29 is 0 Å². The molecule has 2 saturated carbocycles. The minimum Gasteiger partial charge on any atom is -0.271 e. The number of benzene rings is 1. The number of nitrogens with two attached hydrogens (primary N) is 1. The van der Waals surface area contributed by atoms with Crippen molar-refractivity contribution in [2.75, 3.05) is 0 Å². The van der Waals surface area contributed by atoms with Crippen LogP contribution in [0.3, 0.4) is 0 Å². The van der Waals surface area contributed by atoms with E-state index in [0.29, 0.717) is 6.04 Å². The lowest BCUT2D eigenvalue weighted by Gasteiger charge is -2.38. The van der Waals surface area contributed by atoms with Crippen LogP contribution >= 0.6 is 0 Å². The third-order valence-corrected chi connectivity index (χ3v) is 5.27. The number of nitrogens with one attached hydrogen (secondary N) is 1. The van der Waals surface area contributed by atoms with Gasteiger partial charge in [0.1, 0.15) is 0 Å². The smallest absolute Gasteiger partial charge is 0.0307 e. The normalized spacial score (nSPS) is 23.4. The van der Waals surface area contributed by atoms with Gasteiger partial charge in [-0.2, -0.15) is 0 Å². The maximum Gasteiger partial charge on any atom is 0.0307 e. The van der Waals surface area contributed by atoms with Crippen molar-refractivity contribution >= 4 is 0 Å². The topological polar surface area (TPSA) is 38.0 Å². The molecule has 0 aliphatic heterocycles. The van der Waals surface area contributed by atoms with E-state index in [0.717, 1.165) is 5.92 Å². The Morgan fingerprint density at radius 3 is 2.42 bits per heavy atom. The molecule has 0 bridgehead atoms.